The van der Waals surface area contributed by atoms with Gasteiger partial charge in [0.25, 0.3) is 0 Å². The first-order valence-corrected chi connectivity index (χ1v) is 9.35. The average Bonchev–Trinajstić information content (AvgIpc) is 2.12. The molecular weight excluding hydrogens is 296 g/mol. The highest BCUT2D eigenvalue weighted by molar-refractivity contribution is 8.90. The predicted molar refractivity (Wildman–Crippen MR) is 78.1 cm³/mol. The van der Waals surface area contributed by atoms with Gasteiger partial charge in [0, 0.05) is 10.8 Å². The molecule has 0 N–H and O–H groups in total. The topological polar surface area (TPSA) is 18.5 Å². The Morgan fingerprint density at radius 1 is 1.14 bits per heavy atom. The monoisotopic (exact) mass is 306 g/mol. The largest absolute Gasteiger partial charge is 0.478 e. The molecular formula is C6H10O2S6. The zero-order chi connectivity index (χ0) is 11.0. The van der Waals surface area contributed by atoms with Crippen LogP contribution in [0.15, 0.2) is 0 Å². The molecule has 82 valence electrons. The zero-order valence-electron chi connectivity index (χ0n) is 7.68. The van der Waals surface area contributed by atoms with Crippen molar-refractivity contribution in [2.45, 2.75) is 13.8 Å². The molecule has 0 saturated carbocycles. The van der Waals surface area contributed by atoms with Crippen molar-refractivity contribution in [3.8, 4) is 0 Å². The minimum Gasteiger partial charge on any atom is -0.478 e. The zero-order valence-corrected chi connectivity index (χ0v) is 12.6. The van der Waals surface area contributed by atoms with Crippen LogP contribution in [0.3, 0.4) is 0 Å². The van der Waals surface area contributed by atoms with Gasteiger partial charge >= 0.3 is 0 Å². The fourth-order valence-corrected chi connectivity index (χ4v) is 5.05. The third kappa shape index (κ3) is 7.38. The summed E-state index contributed by atoms with van der Waals surface area (Å²) in [6, 6.07) is 0. The fraction of sp³-hybridized carbons (Fsp3) is 0.667. The van der Waals surface area contributed by atoms with E-state index < -0.39 is 7.60 Å². The van der Waals surface area contributed by atoms with Crippen LogP contribution in [0.2, 0.25) is 0 Å². The van der Waals surface area contributed by atoms with Crippen LogP contribution >= 0.6 is 33.8 Å². The second kappa shape index (κ2) is 9.32. The molecule has 0 atom stereocenters. The molecule has 0 aromatic heterocycles. The maximum Gasteiger partial charge on any atom is 0.231 e. The molecule has 0 aromatic carbocycles. The first-order valence-electron chi connectivity index (χ1n) is 3.72. The number of hydrogen-bond donors (Lipinski definition) is 0. The summed E-state index contributed by atoms with van der Waals surface area (Å²) < 4.78 is 11.5. The van der Waals surface area contributed by atoms with Crippen LogP contribution in [0, 0.1) is 0 Å². The number of ether oxygens (including phenoxy) is 2. The Labute approximate surface area is 108 Å². The lowest BCUT2D eigenvalue weighted by atomic mass is 10.9. The van der Waals surface area contributed by atoms with Crippen LogP contribution in [-0.4, -0.2) is 22.0 Å². The van der Waals surface area contributed by atoms with Gasteiger partial charge in [-0.05, 0) is 66.8 Å². The van der Waals surface area contributed by atoms with Crippen LogP contribution in [0.25, 0.3) is 0 Å². The maximum absolute atomic E-state index is 5.28. The van der Waals surface area contributed by atoms with Crippen molar-refractivity contribution >= 4 is 72.5 Å². The second-order valence-electron chi connectivity index (χ2n) is 1.77. The van der Waals surface area contributed by atoms with Crippen LogP contribution in [0.5, 0.6) is 0 Å². The predicted octanol–water partition coefficient (Wildman–Crippen LogP) is 2.36. The Bertz CT molecular complexity index is 298. The van der Waals surface area contributed by atoms with Crippen molar-refractivity contribution in [3.63, 3.8) is 0 Å². The highest BCUT2D eigenvalue weighted by Gasteiger charge is 2.04. The molecule has 2 nitrogen and oxygen atoms in total. The smallest absolute Gasteiger partial charge is 0.231 e. The fourth-order valence-electron chi connectivity index (χ4n) is 0.428. The Kier molecular flexibility index (Phi) is 10.0. The van der Waals surface area contributed by atoms with E-state index in [0.717, 1.165) is 0 Å². The van der Waals surface area contributed by atoms with Gasteiger partial charge in [-0.1, -0.05) is 0 Å². The van der Waals surface area contributed by atoms with Crippen molar-refractivity contribution in [1.29, 1.82) is 0 Å². The van der Waals surface area contributed by atoms with Gasteiger partial charge in [-0.3, -0.25) is 0 Å². The molecule has 0 aliphatic heterocycles. The van der Waals surface area contributed by atoms with Crippen LogP contribution in [0.1, 0.15) is 13.8 Å². The molecule has 0 radical (unpaired) electrons. The van der Waals surface area contributed by atoms with Gasteiger partial charge in [0.1, 0.15) is 0 Å². The van der Waals surface area contributed by atoms with Crippen molar-refractivity contribution in [2.24, 2.45) is 0 Å². The SMILES string of the molecule is CCOC(=S)SSC(OCC)=S(=S)=S. The molecule has 0 fully saturated rings. The third-order valence-corrected chi connectivity index (χ3v) is 6.27. The standard InChI is InChI=1S/C6H10O2S6/c1-3-7-5(9)12-13-6(8-4-2)14(10)11/h3-4H2,1-2H3. The quantitative estimate of drug-likeness (QED) is 0.568. The molecule has 0 amide bonds. The summed E-state index contributed by atoms with van der Waals surface area (Å²) >= 11 is 14.8. The Morgan fingerprint density at radius 2 is 1.71 bits per heavy atom. The molecule has 0 aliphatic carbocycles. The van der Waals surface area contributed by atoms with E-state index in [1.54, 1.807) is 0 Å². The molecule has 0 aromatic rings. The van der Waals surface area contributed by atoms with Crippen molar-refractivity contribution < 1.29 is 9.47 Å². The molecule has 8 heteroatoms. The number of rotatable bonds is 2. The number of thiocarbonyl (C=S) groups is 1. The molecule has 0 heterocycles. The lowest BCUT2D eigenvalue weighted by Gasteiger charge is -2.04. The highest BCUT2D eigenvalue weighted by Crippen LogP contribution is 2.25. The normalized spacial score (nSPS) is 9.57. The average molecular weight is 307 g/mol. The van der Waals surface area contributed by atoms with Crippen molar-refractivity contribution in [2.75, 3.05) is 13.2 Å². The van der Waals surface area contributed by atoms with Gasteiger partial charge in [-0.25, -0.2) is 0 Å². The van der Waals surface area contributed by atoms with Crippen molar-refractivity contribution in [3.05, 3.63) is 0 Å². The first kappa shape index (κ1) is 15.1. The highest BCUT2D eigenvalue weighted by atomic mass is 33.1. The molecule has 0 bridgehead atoms. The molecule has 0 aliphatic rings. The molecule has 0 rings (SSSR count). The Balaban J connectivity index is 4.09. The van der Waals surface area contributed by atoms with Crippen molar-refractivity contribution in [1.82, 2.24) is 0 Å². The summed E-state index contributed by atoms with van der Waals surface area (Å²) in [6.45, 7) is 4.92. The van der Waals surface area contributed by atoms with Crippen LogP contribution in [-0.2, 0) is 39.5 Å². The van der Waals surface area contributed by atoms with Gasteiger partial charge in [0.15, 0.2) is 4.38 Å². The van der Waals surface area contributed by atoms with E-state index in [1.807, 2.05) is 13.8 Å². The van der Waals surface area contributed by atoms with Gasteiger partial charge in [-0.2, -0.15) is 0 Å². The van der Waals surface area contributed by atoms with E-state index in [0.29, 0.717) is 22.0 Å². The Hall–Kier alpha value is 1.08. The van der Waals surface area contributed by atoms with Gasteiger partial charge < -0.3 is 9.47 Å². The summed E-state index contributed by atoms with van der Waals surface area (Å²) in [5.41, 5.74) is 0. The summed E-state index contributed by atoms with van der Waals surface area (Å²) in [4.78, 5) is 0. The molecule has 14 heavy (non-hydrogen) atoms. The van der Waals surface area contributed by atoms with Gasteiger partial charge in [0.2, 0.25) is 4.38 Å². The summed E-state index contributed by atoms with van der Waals surface area (Å²) in [6.07, 6.45) is 0. The second-order valence-corrected chi connectivity index (χ2v) is 8.20. The summed E-state index contributed by atoms with van der Waals surface area (Å²) in [5.74, 6) is 0. The minimum atomic E-state index is -0.686. The summed E-state index contributed by atoms with van der Waals surface area (Å²) in [5, 5.41) is 0. The molecule has 0 spiro atoms. The minimum absolute atomic E-state index is 0.477. The third-order valence-electron chi connectivity index (χ3n) is 0.838. The van der Waals surface area contributed by atoms with Crippen LogP contribution in [0.4, 0.5) is 0 Å². The lowest BCUT2D eigenvalue weighted by molar-refractivity contribution is 0.345. The first-order chi connectivity index (χ1) is 6.61. The number of hydrogen-bond acceptors (Lipinski definition) is 7. The molecule has 0 saturated heterocycles. The molecule has 0 unspecified atom stereocenters. The maximum atomic E-state index is 5.28. The van der Waals surface area contributed by atoms with E-state index in [9.17, 15) is 0 Å². The van der Waals surface area contributed by atoms with E-state index in [1.165, 1.54) is 21.6 Å². The van der Waals surface area contributed by atoms with Gasteiger partial charge in [-0.15, -0.1) is 0 Å². The Morgan fingerprint density at radius 3 is 2.14 bits per heavy atom. The lowest BCUT2D eigenvalue weighted by Crippen LogP contribution is -2.00. The van der Waals surface area contributed by atoms with E-state index >= 15 is 0 Å². The van der Waals surface area contributed by atoms with E-state index in [4.69, 9.17) is 44.1 Å². The van der Waals surface area contributed by atoms with Gasteiger partial charge in [0.05, 0.1) is 13.2 Å². The van der Waals surface area contributed by atoms with E-state index in [2.05, 4.69) is 0 Å². The summed E-state index contributed by atoms with van der Waals surface area (Å²) in [7, 11) is 1.98. The van der Waals surface area contributed by atoms with E-state index in [-0.39, 0.29) is 0 Å². The van der Waals surface area contributed by atoms with Crippen LogP contribution < -0.4 is 0 Å².